The Bertz CT molecular complexity index is 775. The Morgan fingerprint density at radius 3 is 2.58 bits per heavy atom. The zero-order chi connectivity index (χ0) is 18.0. The van der Waals surface area contributed by atoms with Gasteiger partial charge >= 0.3 is 0 Å². The van der Waals surface area contributed by atoms with Gasteiger partial charge in [0.1, 0.15) is 11.4 Å². The van der Waals surface area contributed by atoms with Crippen LogP contribution in [0.5, 0.6) is 5.88 Å². The van der Waals surface area contributed by atoms with Crippen molar-refractivity contribution in [1.82, 2.24) is 15.3 Å². The number of nitrogens with two attached hydrogens (primary N) is 1. The number of nitrogens with one attached hydrogen (secondary N) is 1. The number of hydrogen-bond acceptors (Lipinski definition) is 7. The topological polar surface area (TPSA) is 99.4 Å². The average Bonchev–Trinajstić information content (AvgIpc) is 2.93. The number of halogens is 1. The molecule has 3 N–H and O–H groups in total. The summed E-state index contributed by atoms with van der Waals surface area (Å²) in [5.41, 5.74) is 6.79. The molecule has 3 rings (SSSR count). The number of aryl methyl sites for hydroxylation is 1. The fraction of sp³-hybridized carbons (Fsp3) is 0.588. The Balaban J connectivity index is 0.00000243. The third-order valence-electron chi connectivity index (χ3n) is 4.58. The monoisotopic (exact) mass is 400 g/mol. The second-order valence-corrected chi connectivity index (χ2v) is 7.40. The summed E-state index contributed by atoms with van der Waals surface area (Å²) in [4.78, 5) is 23.0. The molecule has 0 spiro atoms. The van der Waals surface area contributed by atoms with Gasteiger partial charge in [-0.15, -0.1) is 23.7 Å². The molecule has 0 aromatic carbocycles. The van der Waals surface area contributed by atoms with Gasteiger partial charge in [0, 0.05) is 19.2 Å². The Morgan fingerprint density at radius 2 is 1.96 bits per heavy atom. The summed E-state index contributed by atoms with van der Waals surface area (Å²) in [6.45, 7) is 2.21. The van der Waals surface area contributed by atoms with Crippen LogP contribution in [0.4, 0.5) is 0 Å². The van der Waals surface area contributed by atoms with Gasteiger partial charge in [0.05, 0.1) is 17.4 Å². The number of thiophene rings is 1. The quantitative estimate of drug-likeness (QED) is 0.800. The highest BCUT2D eigenvalue weighted by Gasteiger charge is 2.25. The van der Waals surface area contributed by atoms with Crippen LogP contribution in [0.3, 0.4) is 0 Å². The summed E-state index contributed by atoms with van der Waals surface area (Å²) in [7, 11) is 3.16. The maximum absolute atomic E-state index is 12.7. The number of ether oxygens (including phenoxy) is 2. The number of amides is 1. The second-order valence-electron chi connectivity index (χ2n) is 6.40. The van der Waals surface area contributed by atoms with E-state index in [0.717, 1.165) is 41.5 Å². The van der Waals surface area contributed by atoms with Crippen molar-refractivity contribution in [3.05, 3.63) is 16.3 Å². The van der Waals surface area contributed by atoms with Crippen molar-refractivity contribution in [3.63, 3.8) is 0 Å². The van der Waals surface area contributed by atoms with Crippen LogP contribution < -0.4 is 15.8 Å². The molecule has 1 aliphatic rings. The predicted molar refractivity (Wildman–Crippen MR) is 104 cm³/mol. The molecule has 7 nitrogen and oxygen atoms in total. The van der Waals surface area contributed by atoms with Crippen LogP contribution in [-0.4, -0.2) is 42.2 Å². The van der Waals surface area contributed by atoms with E-state index < -0.39 is 0 Å². The summed E-state index contributed by atoms with van der Waals surface area (Å²) < 4.78 is 10.5. The summed E-state index contributed by atoms with van der Waals surface area (Å²) in [5.74, 6) is 0.964. The van der Waals surface area contributed by atoms with E-state index in [1.165, 1.54) is 11.3 Å². The average molecular weight is 401 g/mol. The van der Waals surface area contributed by atoms with Crippen LogP contribution in [0.15, 0.2) is 0 Å². The summed E-state index contributed by atoms with van der Waals surface area (Å²) >= 11 is 1.37. The van der Waals surface area contributed by atoms with Crippen molar-refractivity contribution in [1.29, 1.82) is 0 Å². The second kappa shape index (κ2) is 8.94. The largest absolute Gasteiger partial charge is 0.480 e. The highest BCUT2D eigenvalue weighted by molar-refractivity contribution is 7.20. The normalized spacial score (nSPS) is 19.8. The van der Waals surface area contributed by atoms with Gasteiger partial charge in [0.25, 0.3) is 5.91 Å². The first kappa shape index (κ1) is 20.8. The lowest BCUT2D eigenvalue weighted by atomic mass is 9.92. The Kier molecular flexibility index (Phi) is 7.16. The van der Waals surface area contributed by atoms with Crippen LogP contribution in [0.2, 0.25) is 0 Å². The maximum atomic E-state index is 12.7. The molecule has 0 bridgehead atoms. The first-order chi connectivity index (χ1) is 12.0. The van der Waals surface area contributed by atoms with E-state index in [4.69, 9.17) is 15.2 Å². The lowest BCUT2D eigenvalue weighted by Gasteiger charge is -2.26. The van der Waals surface area contributed by atoms with E-state index in [1.54, 1.807) is 14.2 Å². The molecule has 1 amide bonds. The molecule has 144 valence electrons. The van der Waals surface area contributed by atoms with Crippen molar-refractivity contribution in [2.24, 2.45) is 5.73 Å². The first-order valence-electron chi connectivity index (χ1n) is 8.42. The minimum absolute atomic E-state index is 0. The molecule has 1 saturated carbocycles. The molecular formula is C17H25ClN4O3S. The molecule has 0 saturated heterocycles. The van der Waals surface area contributed by atoms with Crippen LogP contribution in [0.1, 0.15) is 46.7 Å². The van der Waals surface area contributed by atoms with E-state index in [1.807, 2.05) is 6.92 Å². The number of methoxy groups -OCH3 is 2. The number of fused-ring (bicyclic) bond motifs is 1. The molecule has 0 unspecified atom stereocenters. The fourth-order valence-electron chi connectivity index (χ4n) is 3.22. The summed E-state index contributed by atoms with van der Waals surface area (Å²) in [6.07, 6.45) is 3.77. The highest BCUT2D eigenvalue weighted by Crippen LogP contribution is 2.35. The fourth-order valence-corrected chi connectivity index (χ4v) is 4.31. The number of carbonyl (C=O) groups excluding carboxylic acids is 1. The molecule has 26 heavy (non-hydrogen) atoms. The van der Waals surface area contributed by atoms with E-state index in [0.29, 0.717) is 23.2 Å². The van der Waals surface area contributed by atoms with Gasteiger partial charge in [-0.05, 0) is 38.2 Å². The van der Waals surface area contributed by atoms with Crippen molar-refractivity contribution >= 4 is 39.9 Å². The van der Waals surface area contributed by atoms with Crippen molar-refractivity contribution in [2.45, 2.75) is 51.3 Å². The Morgan fingerprint density at radius 1 is 1.27 bits per heavy atom. The molecule has 2 aromatic heterocycles. The van der Waals surface area contributed by atoms with Crippen molar-refractivity contribution in [3.8, 4) is 5.88 Å². The zero-order valence-corrected chi connectivity index (χ0v) is 16.8. The van der Waals surface area contributed by atoms with Gasteiger partial charge in [-0.2, -0.15) is 4.98 Å². The third-order valence-corrected chi connectivity index (χ3v) is 5.77. The minimum Gasteiger partial charge on any atom is -0.480 e. The third kappa shape index (κ3) is 4.25. The first-order valence-corrected chi connectivity index (χ1v) is 9.24. The van der Waals surface area contributed by atoms with Crippen LogP contribution in [0, 0.1) is 6.92 Å². The van der Waals surface area contributed by atoms with Gasteiger partial charge in [-0.25, -0.2) is 4.98 Å². The van der Waals surface area contributed by atoms with E-state index in [-0.39, 0.29) is 30.4 Å². The SMILES string of the molecule is COCc1nc(OC)c2c(C)c(C(=O)NC3CCC(N)CC3)sc2n1.Cl. The molecule has 0 radical (unpaired) electrons. The molecule has 1 fully saturated rings. The van der Waals surface area contributed by atoms with Gasteiger partial charge in [0.2, 0.25) is 5.88 Å². The molecular weight excluding hydrogens is 376 g/mol. The van der Waals surface area contributed by atoms with Crippen LogP contribution in [-0.2, 0) is 11.3 Å². The van der Waals surface area contributed by atoms with E-state index in [2.05, 4.69) is 15.3 Å². The van der Waals surface area contributed by atoms with Gasteiger partial charge in [-0.1, -0.05) is 0 Å². The standard InChI is InChI=1S/C17H24N4O3S.ClH/c1-9-13-16(24-3)20-12(8-23-2)21-17(13)25-14(9)15(22)19-11-6-4-10(18)5-7-11;/h10-11H,4-8,18H2,1-3H3,(H,19,22);1H. The molecule has 2 aromatic rings. The number of aromatic nitrogens is 2. The van der Waals surface area contributed by atoms with Gasteiger partial charge in [0.15, 0.2) is 5.82 Å². The Hall–Kier alpha value is -1.48. The van der Waals surface area contributed by atoms with E-state index in [9.17, 15) is 4.79 Å². The smallest absolute Gasteiger partial charge is 0.261 e. The molecule has 9 heteroatoms. The zero-order valence-electron chi connectivity index (χ0n) is 15.2. The molecule has 0 aliphatic heterocycles. The number of rotatable bonds is 5. The van der Waals surface area contributed by atoms with Crippen LogP contribution in [0.25, 0.3) is 10.2 Å². The summed E-state index contributed by atoms with van der Waals surface area (Å²) in [5, 5.41) is 3.93. The number of carbonyl (C=O) groups is 1. The Labute approximate surface area is 163 Å². The lowest BCUT2D eigenvalue weighted by Crippen LogP contribution is -2.40. The molecule has 0 atom stereocenters. The highest BCUT2D eigenvalue weighted by atomic mass is 35.5. The maximum Gasteiger partial charge on any atom is 0.261 e. The van der Waals surface area contributed by atoms with Gasteiger partial charge in [-0.3, -0.25) is 4.79 Å². The number of hydrogen-bond donors (Lipinski definition) is 2. The summed E-state index contributed by atoms with van der Waals surface area (Å²) in [6, 6.07) is 0.451. The van der Waals surface area contributed by atoms with Crippen LogP contribution >= 0.6 is 23.7 Å². The lowest BCUT2D eigenvalue weighted by molar-refractivity contribution is 0.0929. The van der Waals surface area contributed by atoms with Gasteiger partial charge < -0.3 is 20.5 Å². The van der Waals surface area contributed by atoms with Crippen molar-refractivity contribution in [2.75, 3.05) is 14.2 Å². The molecule has 2 heterocycles. The number of nitrogens with zero attached hydrogens (tertiary/aromatic N) is 2. The van der Waals surface area contributed by atoms with E-state index >= 15 is 0 Å². The van der Waals surface area contributed by atoms with Crippen molar-refractivity contribution < 1.29 is 14.3 Å². The minimum atomic E-state index is -0.0590. The molecule has 1 aliphatic carbocycles. The predicted octanol–water partition coefficient (Wildman–Crippen LogP) is 2.58.